The smallest absolute Gasteiger partial charge is 0.223 e. The zero-order chi connectivity index (χ0) is 20.8. The van der Waals surface area contributed by atoms with Gasteiger partial charge in [-0.2, -0.15) is 0 Å². The Bertz CT molecular complexity index is 1100. The molecule has 0 fully saturated rings. The van der Waals surface area contributed by atoms with Crippen molar-refractivity contribution in [2.45, 2.75) is 6.92 Å². The predicted octanol–water partition coefficient (Wildman–Crippen LogP) is 5.48. The molecular formula is C18H14Br2N6OS2. The Kier molecular flexibility index (Phi) is 7.42. The van der Waals surface area contributed by atoms with E-state index in [1.165, 1.54) is 29.6 Å². The van der Waals surface area contributed by atoms with Gasteiger partial charge in [0.2, 0.25) is 16.2 Å². The maximum Gasteiger partial charge on any atom is 0.223 e. The standard InChI is InChI=1S/C10H8BrN3OS.C8H6BrN3S/c1-6(15)12-10-14-13-9(16-10)7-2-4-8(11)5-3-7;9-6-3-1-5(2-4-6)7-11-12-8(10)13-7/h2-5H,1H3,(H,12,14,15);1-4H,(H2,10,12). The number of carbonyl (C=O) groups excluding carboxylic acids is 1. The minimum absolute atomic E-state index is 0.140. The third-order valence-electron chi connectivity index (χ3n) is 3.33. The number of nitrogens with zero attached hydrogens (tertiary/aromatic N) is 4. The number of amides is 1. The molecule has 2 heterocycles. The molecule has 0 atom stereocenters. The summed E-state index contributed by atoms with van der Waals surface area (Å²) in [4.78, 5) is 10.8. The molecule has 0 spiro atoms. The number of hydrogen-bond donors (Lipinski definition) is 2. The quantitative estimate of drug-likeness (QED) is 0.348. The summed E-state index contributed by atoms with van der Waals surface area (Å²) in [6.45, 7) is 1.45. The number of nitrogens with two attached hydrogens (primary N) is 1. The maximum atomic E-state index is 10.8. The van der Waals surface area contributed by atoms with Crippen molar-refractivity contribution < 1.29 is 4.79 Å². The highest BCUT2D eigenvalue weighted by Crippen LogP contribution is 2.27. The van der Waals surface area contributed by atoms with Crippen LogP contribution in [0.1, 0.15) is 6.92 Å². The first kappa shape index (κ1) is 21.5. The van der Waals surface area contributed by atoms with Crippen molar-refractivity contribution in [3.8, 4) is 21.1 Å². The number of aromatic nitrogens is 4. The van der Waals surface area contributed by atoms with Gasteiger partial charge in [0, 0.05) is 27.0 Å². The largest absolute Gasteiger partial charge is 0.374 e. The van der Waals surface area contributed by atoms with Crippen LogP contribution in [0.3, 0.4) is 0 Å². The number of nitrogens with one attached hydrogen (secondary N) is 1. The molecule has 0 aliphatic carbocycles. The van der Waals surface area contributed by atoms with Crippen molar-refractivity contribution in [2.75, 3.05) is 11.1 Å². The van der Waals surface area contributed by atoms with E-state index in [9.17, 15) is 4.79 Å². The van der Waals surface area contributed by atoms with Gasteiger partial charge in [-0.15, -0.1) is 20.4 Å². The Labute approximate surface area is 191 Å². The van der Waals surface area contributed by atoms with Crippen molar-refractivity contribution >= 4 is 70.7 Å². The maximum absolute atomic E-state index is 10.8. The fraction of sp³-hybridized carbons (Fsp3) is 0.0556. The van der Waals surface area contributed by atoms with E-state index in [2.05, 4.69) is 57.6 Å². The molecule has 0 radical (unpaired) electrons. The van der Waals surface area contributed by atoms with Gasteiger partial charge >= 0.3 is 0 Å². The van der Waals surface area contributed by atoms with E-state index in [4.69, 9.17) is 5.73 Å². The first-order valence-corrected chi connectivity index (χ1v) is 11.3. The summed E-state index contributed by atoms with van der Waals surface area (Å²) in [6.07, 6.45) is 0. The fourth-order valence-corrected chi connectivity index (χ4v) is 4.02. The van der Waals surface area contributed by atoms with Gasteiger partial charge in [-0.05, 0) is 24.3 Å². The molecule has 0 bridgehead atoms. The van der Waals surface area contributed by atoms with E-state index in [0.717, 1.165) is 30.1 Å². The second-order valence-corrected chi connectivity index (χ2v) is 9.37. The average Bonchev–Trinajstić information content (AvgIpc) is 3.32. The lowest BCUT2D eigenvalue weighted by Crippen LogP contribution is -2.04. The number of hydrogen-bond acceptors (Lipinski definition) is 8. The molecule has 0 unspecified atom stereocenters. The summed E-state index contributed by atoms with van der Waals surface area (Å²) >= 11 is 9.47. The van der Waals surface area contributed by atoms with Crippen molar-refractivity contribution in [2.24, 2.45) is 0 Å². The number of rotatable bonds is 3. The zero-order valence-electron chi connectivity index (χ0n) is 15.0. The molecular weight excluding hydrogens is 540 g/mol. The molecule has 3 N–H and O–H groups in total. The van der Waals surface area contributed by atoms with Crippen LogP contribution < -0.4 is 11.1 Å². The van der Waals surface area contributed by atoms with E-state index < -0.39 is 0 Å². The van der Waals surface area contributed by atoms with Gasteiger partial charge in [-0.1, -0.05) is 78.8 Å². The summed E-state index contributed by atoms with van der Waals surface area (Å²) in [5.74, 6) is -0.140. The monoisotopic (exact) mass is 552 g/mol. The van der Waals surface area contributed by atoms with E-state index >= 15 is 0 Å². The number of nitrogen functional groups attached to an aromatic ring is 1. The van der Waals surface area contributed by atoms with E-state index in [0.29, 0.717) is 10.3 Å². The third-order valence-corrected chi connectivity index (χ3v) is 6.08. The van der Waals surface area contributed by atoms with Gasteiger partial charge in [0.15, 0.2) is 0 Å². The fourth-order valence-electron chi connectivity index (χ4n) is 2.08. The molecule has 11 heteroatoms. The summed E-state index contributed by atoms with van der Waals surface area (Å²) in [6, 6.07) is 15.7. The van der Waals surface area contributed by atoms with Crippen LogP contribution in [-0.2, 0) is 4.79 Å². The molecule has 4 rings (SSSR count). The Morgan fingerprint density at radius 1 is 0.828 bits per heavy atom. The van der Waals surface area contributed by atoms with Crippen LogP contribution in [0.5, 0.6) is 0 Å². The van der Waals surface area contributed by atoms with Crippen LogP contribution in [0.4, 0.5) is 10.3 Å². The Balaban J connectivity index is 0.000000169. The number of anilines is 2. The molecule has 7 nitrogen and oxygen atoms in total. The second kappa shape index (κ2) is 10.0. The highest BCUT2D eigenvalue weighted by atomic mass is 79.9. The van der Waals surface area contributed by atoms with E-state index in [1.54, 1.807) is 0 Å². The molecule has 0 aliphatic heterocycles. The first-order chi connectivity index (χ1) is 13.9. The molecule has 0 saturated carbocycles. The molecule has 4 aromatic rings. The molecule has 1 amide bonds. The first-order valence-electron chi connectivity index (χ1n) is 8.12. The van der Waals surface area contributed by atoms with E-state index in [-0.39, 0.29) is 5.91 Å². The lowest BCUT2D eigenvalue weighted by atomic mass is 10.2. The average molecular weight is 554 g/mol. The number of carbonyl (C=O) groups is 1. The van der Waals surface area contributed by atoms with Crippen LogP contribution in [0.15, 0.2) is 57.5 Å². The van der Waals surface area contributed by atoms with E-state index in [1.807, 2.05) is 48.5 Å². The van der Waals surface area contributed by atoms with Crippen molar-refractivity contribution in [3.63, 3.8) is 0 Å². The highest BCUT2D eigenvalue weighted by Gasteiger charge is 2.07. The summed E-state index contributed by atoms with van der Waals surface area (Å²) < 4.78 is 2.07. The lowest BCUT2D eigenvalue weighted by Gasteiger charge is -1.94. The molecule has 2 aromatic carbocycles. The predicted molar refractivity (Wildman–Crippen MR) is 125 cm³/mol. The van der Waals surface area contributed by atoms with Crippen LogP contribution in [0.2, 0.25) is 0 Å². The van der Waals surface area contributed by atoms with Crippen molar-refractivity contribution in [3.05, 3.63) is 57.5 Å². The van der Waals surface area contributed by atoms with Crippen LogP contribution in [-0.4, -0.2) is 26.3 Å². The van der Waals surface area contributed by atoms with Gasteiger partial charge in [-0.25, -0.2) is 0 Å². The van der Waals surface area contributed by atoms with Gasteiger partial charge in [0.25, 0.3) is 0 Å². The van der Waals surface area contributed by atoms with Crippen LogP contribution >= 0.6 is 54.5 Å². The summed E-state index contributed by atoms with van der Waals surface area (Å²) in [7, 11) is 0. The molecule has 29 heavy (non-hydrogen) atoms. The van der Waals surface area contributed by atoms with Crippen molar-refractivity contribution in [1.29, 1.82) is 0 Å². The van der Waals surface area contributed by atoms with Gasteiger partial charge < -0.3 is 11.1 Å². The van der Waals surface area contributed by atoms with Crippen LogP contribution in [0, 0.1) is 0 Å². The zero-order valence-corrected chi connectivity index (χ0v) is 19.8. The minimum Gasteiger partial charge on any atom is -0.374 e. The Morgan fingerprint density at radius 3 is 1.76 bits per heavy atom. The van der Waals surface area contributed by atoms with Gasteiger partial charge in [-0.3, -0.25) is 4.79 Å². The Morgan fingerprint density at radius 2 is 1.31 bits per heavy atom. The SMILES string of the molecule is CC(=O)Nc1nnc(-c2ccc(Br)cc2)s1.Nc1nnc(-c2ccc(Br)cc2)s1. The summed E-state index contributed by atoms with van der Waals surface area (Å²) in [5, 5.41) is 20.8. The topological polar surface area (TPSA) is 107 Å². The summed E-state index contributed by atoms with van der Waals surface area (Å²) in [5.41, 5.74) is 7.50. The number of benzene rings is 2. The van der Waals surface area contributed by atoms with Crippen LogP contribution in [0.25, 0.3) is 21.1 Å². The van der Waals surface area contributed by atoms with Crippen molar-refractivity contribution in [1.82, 2.24) is 20.4 Å². The second-order valence-electron chi connectivity index (χ2n) is 5.55. The Hall–Kier alpha value is -2.21. The lowest BCUT2D eigenvalue weighted by molar-refractivity contribution is -0.114. The number of halogens is 2. The van der Waals surface area contributed by atoms with Gasteiger partial charge in [0.1, 0.15) is 10.0 Å². The molecule has 148 valence electrons. The third kappa shape index (κ3) is 6.39. The normalized spacial score (nSPS) is 10.2. The van der Waals surface area contributed by atoms with Gasteiger partial charge in [0.05, 0.1) is 0 Å². The molecule has 2 aromatic heterocycles. The highest BCUT2D eigenvalue weighted by molar-refractivity contribution is 9.10. The minimum atomic E-state index is -0.140. The molecule has 0 saturated heterocycles. The molecule has 0 aliphatic rings.